The molecule has 0 unspecified atom stereocenters. The minimum absolute atomic E-state index is 0.0391. The van der Waals surface area contributed by atoms with Crippen LogP contribution in [0.1, 0.15) is 24.0 Å². The Balaban J connectivity index is 2.21. The maximum atomic E-state index is 10.6. The Hall–Kier alpha value is -1.42. The van der Waals surface area contributed by atoms with Gasteiger partial charge in [0.1, 0.15) is 0 Å². The second kappa shape index (κ2) is 3.31. The number of nitro benzene ring substituents is 1. The van der Waals surface area contributed by atoms with E-state index < -0.39 is 0 Å². The van der Waals surface area contributed by atoms with Crippen molar-refractivity contribution in [3.05, 3.63) is 39.4 Å². The third-order valence-electron chi connectivity index (χ3n) is 2.91. The van der Waals surface area contributed by atoms with Crippen LogP contribution in [0.2, 0.25) is 0 Å². The van der Waals surface area contributed by atoms with E-state index in [-0.39, 0.29) is 16.1 Å². The molecule has 4 heteroatoms. The molecule has 1 aliphatic carbocycles. The second-order valence-electron chi connectivity index (χ2n) is 4.42. The first-order valence-electron chi connectivity index (χ1n) is 5.03. The van der Waals surface area contributed by atoms with Gasteiger partial charge in [-0.25, -0.2) is 0 Å². The fraction of sp³-hybridized carbons (Fsp3) is 0.455. The highest BCUT2D eigenvalue weighted by Gasteiger charge is 2.38. The Morgan fingerprint density at radius 3 is 2.67 bits per heavy atom. The van der Waals surface area contributed by atoms with Gasteiger partial charge in [0.25, 0.3) is 5.69 Å². The largest absolute Gasteiger partial charge is 0.325 e. The number of benzene rings is 1. The van der Waals surface area contributed by atoms with Gasteiger partial charge in [-0.2, -0.15) is 0 Å². The smallest absolute Gasteiger partial charge is 0.272 e. The van der Waals surface area contributed by atoms with E-state index in [4.69, 9.17) is 5.73 Å². The second-order valence-corrected chi connectivity index (χ2v) is 4.42. The number of hydrogen-bond donors (Lipinski definition) is 1. The first-order valence-corrected chi connectivity index (χ1v) is 5.03. The van der Waals surface area contributed by atoms with Crippen molar-refractivity contribution in [2.75, 3.05) is 0 Å². The summed E-state index contributed by atoms with van der Waals surface area (Å²) in [4.78, 5) is 10.3. The Morgan fingerprint density at radius 2 is 2.20 bits per heavy atom. The Bertz CT molecular complexity index is 411. The summed E-state index contributed by atoms with van der Waals surface area (Å²) in [6, 6.07) is 5.24. The van der Waals surface area contributed by atoms with Crippen LogP contribution in [0.5, 0.6) is 0 Å². The number of nitro groups is 1. The highest BCUT2D eigenvalue weighted by Crippen LogP contribution is 2.36. The monoisotopic (exact) mass is 206 g/mol. The van der Waals surface area contributed by atoms with Crippen molar-refractivity contribution < 1.29 is 4.92 Å². The number of rotatable bonds is 3. The van der Waals surface area contributed by atoms with Crippen molar-refractivity contribution in [1.29, 1.82) is 0 Å². The predicted octanol–water partition coefficient (Wildman–Crippen LogP) is 1.94. The van der Waals surface area contributed by atoms with Gasteiger partial charge in [-0.3, -0.25) is 10.1 Å². The van der Waals surface area contributed by atoms with Gasteiger partial charge in [-0.1, -0.05) is 6.07 Å². The average Bonchev–Trinajstić information content (AvgIpc) is 2.82. The molecule has 1 aromatic rings. The lowest BCUT2D eigenvalue weighted by Crippen LogP contribution is -2.24. The first kappa shape index (κ1) is 10.1. The quantitative estimate of drug-likeness (QED) is 0.607. The zero-order valence-corrected chi connectivity index (χ0v) is 8.69. The first-order chi connectivity index (χ1) is 7.00. The van der Waals surface area contributed by atoms with Crippen LogP contribution in [0.4, 0.5) is 5.69 Å². The number of nitrogens with two attached hydrogens (primary N) is 1. The Labute approximate surface area is 88.2 Å². The molecule has 1 aliphatic rings. The van der Waals surface area contributed by atoms with Crippen LogP contribution in [0.25, 0.3) is 0 Å². The van der Waals surface area contributed by atoms with Gasteiger partial charge in [0.15, 0.2) is 0 Å². The topological polar surface area (TPSA) is 69.2 Å². The van der Waals surface area contributed by atoms with E-state index in [1.807, 2.05) is 6.07 Å². The predicted molar refractivity (Wildman–Crippen MR) is 57.7 cm³/mol. The third-order valence-corrected chi connectivity index (χ3v) is 2.91. The molecular formula is C11H14N2O2. The molecule has 1 saturated carbocycles. The molecule has 0 aliphatic heterocycles. The highest BCUT2D eigenvalue weighted by molar-refractivity contribution is 5.42. The molecule has 0 amide bonds. The summed E-state index contributed by atoms with van der Waals surface area (Å²) in [7, 11) is 0. The molecule has 2 N–H and O–H groups in total. The summed E-state index contributed by atoms with van der Waals surface area (Å²) in [5.41, 5.74) is 7.94. The van der Waals surface area contributed by atoms with Gasteiger partial charge in [0.2, 0.25) is 0 Å². The molecule has 15 heavy (non-hydrogen) atoms. The summed E-state index contributed by atoms with van der Waals surface area (Å²) in [6.07, 6.45) is 2.94. The molecule has 4 nitrogen and oxygen atoms in total. The molecule has 0 aromatic heterocycles. The van der Waals surface area contributed by atoms with Crippen molar-refractivity contribution >= 4 is 5.69 Å². The summed E-state index contributed by atoms with van der Waals surface area (Å²) < 4.78 is 0. The molecular weight excluding hydrogens is 192 g/mol. The van der Waals surface area contributed by atoms with E-state index in [0.717, 1.165) is 24.8 Å². The Morgan fingerprint density at radius 1 is 1.53 bits per heavy atom. The average molecular weight is 206 g/mol. The number of aryl methyl sites for hydroxylation is 1. The van der Waals surface area contributed by atoms with Gasteiger partial charge >= 0.3 is 0 Å². The standard InChI is InChI=1S/C11H14N2O2/c1-8-6-9(7-11(12)4-5-11)2-3-10(8)13(14)15/h2-3,6H,4-5,7,12H2,1H3. The van der Waals surface area contributed by atoms with E-state index in [1.54, 1.807) is 19.1 Å². The molecule has 1 fully saturated rings. The van der Waals surface area contributed by atoms with Crippen LogP contribution in [-0.4, -0.2) is 10.5 Å². The van der Waals surface area contributed by atoms with Crippen LogP contribution < -0.4 is 5.73 Å². The molecule has 0 spiro atoms. The van der Waals surface area contributed by atoms with Crippen molar-refractivity contribution in [3.63, 3.8) is 0 Å². The van der Waals surface area contributed by atoms with E-state index >= 15 is 0 Å². The molecule has 0 bridgehead atoms. The fourth-order valence-corrected chi connectivity index (χ4v) is 1.78. The van der Waals surface area contributed by atoms with Crippen LogP contribution >= 0.6 is 0 Å². The van der Waals surface area contributed by atoms with Gasteiger partial charge in [-0.05, 0) is 37.8 Å². The Kier molecular flexibility index (Phi) is 2.23. The van der Waals surface area contributed by atoms with Gasteiger partial charge in [-0.15, -0.1) is 0 Å². The van der Waals surface area contributed by atoms with Crippen LogP contribution in [0.3, 0.4) is 0 Å². The zero-order valence-electron chi connectivity index (χ0n) is 8.69. The maximum absolute atomic E-state index is 10.6. The normalized spacial score (nSPS) is 17.5. The molecule has 0 saturated heterocycles. The van der Waals surface area contributed by atoms with Gasteiger partial charge in [0.05, 0.1) is 4.92 Å². The minimum Gasteiger partial charge on any atom is -0.325 e. The molecule has 0 radical (unpaired) electrons. The van der Waals surface area contributed by atoms with Crippen molar-refractivity contribution in [2.24, 2.45) is 5.73 Å². The van der Waals surface area contributed by atoms with Gasteiger partial charge < -0.3 is 5.73 Å². The molecule has 1 aromatic carbocycles. The minimum atomic E-state index is -0.353. The number of nitrogens with zero attached hydrogens (tertiary/aromatic N) is 1. The maximum Gasteiger partial charge on any atom is 0.272 e. The lowest BCUT2D eigenvalue weighted by molar-refractivity contribution is -0.385. The van der Waals surface area contributed by atoms with Crippen molar-refractivity contribution in [2.45, 2.75) is 31.7 Å². The van der Waals surface area contributed by atoms with Gasteiger partial charge in [0, 0.05) is 17.2 Å². The summed E-state index contributed by atoms with van der Waals surface area (Å²) >= 11 is 0. The molecule has 0 atom stereocenters. The summed E-state index contributed by atoms with van der Waals surface area (Å²) in [5.74, 6) is 0. The fourth-order valence-electron chi connectivity index (χ4n) is 1.78. The van der Waals surface area contributed by atoms with Crippen molar-refractivity contribution in [1.82, 2.24) is 0 Å². The van der Waals surface area contributed by atoms with Crippen LogP contribution in [-0.2, 0) is 6.42 Å². The van der Waals surface area contributed by atoms with Crippen LogP contribution in [0.15, 0.2) is 18.2 Å². The zero-order chi connectivity index (χ0) is 11.1. The highest BCUT2D eigenvalue weighted by atomic mass is 16.6. The SMILES string of the molecule is Cc1cc(CC2(N)CC2)ccc1[N+](=O)[O-]. The van der Waals surface area contributed by atoms with Crippen molar-refractivity contribution in [3.8, 4) is 0 Å². The molecule has 2 rings (SSSR count). The van der Waals surface area contributed by atoms with E-state index in [9.17, 15) is 10.1 Å². The van der Waals surface area contributed by atoms with E-state index in [1.165, 1.54) is 0 Å². The number of hydrogen-bond acceptors (Lipinski definition) is 3. The lowest BCUT2D eigenvalue weighted by atomic mass is 10.0. The van der Waals surface area contributed by atoms with E-state index in [0.29, 0.717) is 5.56 Å². The van der Waals surface area contributed by atoms with Crippen LogP contribution in [0, 0.1) is 17.0 Å². The summed E-state index contributed by atoms with van der Waals surface area (Å²) in [5, 5.41) is 10.6. The third kappa shape index (κ3) is 2.15. The van der Waals surface area contributed by atoms with E-state index in [2.05, 4.69) is 0 Å². The summed E-state index contributed by atoms with van der Waals surface area (Å²) in [6.45, 7) is 1.76. The molecule has 0 heterocycles. The molecule has 80 valence electrons. The lowest BCUT2D eigenvalue weighted by Gasteiger charge is -2.08.